The Labute approximate surface area is 190 Å². The predicted octanol–water partition coefficient (Wildman–Crippen LogP) is 5.82. The third-order valence-corrected chi connectivity index (χ3v) is 13.0. The number of hydrogen-bond donors (Lipinski definition) is 4. The fourth-order valence-corrected chi connectivity index (χ4v) is 12.2. The van der Waals surface area contributed by atoms with Gasteiger partial charge in [-0.05, 0) is 52.2 Å². The Hall–Kier alpha value is -3.06. The molecule has 0 aliphatic carbocycles. The molecule has 1 aliphatic heterocycles. The summed E-state index contributed by atoms with van der Waals surface area (Å²) in [4.78, 5) is 0. The Bertz CT molecular complexity index is 1090. The van der Waals surface area contributed by atoms with Crippen molar-refractivity contribution in [2.45, 2.75) is 11.0 Å². The molecule has 1 aliphatic rings. The van der Waals surface area contributed by atoms with Crippen molar-refractivity contribution in [3.8, 4) is 11.5 Å². The van der Waals surface area contributed by atoms with E-state index >= 15 is 0 Å². The highest BCUT2D eigenvalue weighted by atomic mass is 31.2. The second kappa shape index (κ2) is 9.20. The molecular formula is C26H24N2O2P2. The zero-order valence-electron chi connectivity index (χ0n) is 17.3. The van der Waals surface area contributed by atoms with E-state index in [1.807, 2.05) is 72.8 Å². The highest BCUT2D eigenvalue weighted by molar-refractivity contribution is 7.99. The highest BCUT2D eigenvalue weighted by Gasteiger charge is 2.53. The molecule has 4 aromatic carbocycles. The number of nitrogens with one attached hydrogen (secondary N) is 2. The van der Waals surface area contributed by atoms with E-state index in [-0.39, 0.29) is 11.0 Å². The number of para-hydroxylation sites is 4. The van der Waals surface area contributed by atoms with Gasteiger partial charge in [-0.3, -0.25) is 0 Å². The van der Waals surface area contributed by atoms with Gasteiger partial charge in [0.05, 0.1) is 11.0 Å². The molecule has 160 valence electrons. The molecule has 6 heteroatoms. The van der Waals surface area contributed by atoms with Gasteiger partial charge in [0.25, 0.3) is 0 Å². The Balaban J connectivity index is 1.60. The molecule has 0 saturated carbocycles. The zero-order valence-corrected chi connectivity index (χ0v) is 19.1. The van der Waals surface area contributed by atoms with Crippen LogP contribution < -0.4 is 21.2 Å². The van der Waals surface area contributed by atoms with Crippen LogP contribution in [0.5, 0.6) is 11.5 Å². The number of anilines is 2. The first kappa shape index (κ1) is 20.8. The normalized spacial score (nSPS) is 22.0. The van der Waals surface area contributed by atoms with Crippen LogP contribution in [0, 0.1) is 0 Å². The van der Waals surface area contributed by atoms with Crippen LogP contribution in [-0.2, 0) is 0 Å². The second-order valence-corrected chi connectivity index (χ2v) is 13.0. The predicted molar refractivity (Wildman–Crippen MR) is 137 cm³/mol. The van der Waals surface area contributed by atoms with Gasteiger partial charge in [-0.25, -0.2) is 0 Å². The van der Waals surface area contributed by atoms with Crippen molar-refractivity contribution in [3.05, 3.63) is 109 Å². The first-order chi connectivity index (χ1) is 15.7. The number of benzene rings is 4. The lowest BCUT2D eigenvalue weighted by atomic mass is 10.3. The number of hydrogen-bond acceptors (Lipinski definition) is 4. The van der Waals surface area contributed by atoms with Crippen molar-refractivity contribution in [2.75, 3.05) is 10.6 Å². The molecule has 4 aromatic rings. The highest BCUT2D eigenvalue weighted by Crippen LogP contribution is 2.78. The van der Waals surface area contributed by atoms with Crippen LogP contribution in [0.25, 0.3) is 0 Å². The molecule has 32 heavy (non-hydrogen) atoms. The van der Waals surface area contributed by atoms with Crippen LogP contribution in [0.2, 0.25) is 0 Å². The van der Waals surface area contributed by atoms with Gasteiger partial charge in [-0.1, -0.05) is 72.8 Å². The fourth-order valence-electron chi connectivity index (χ4n) is 4.00. The molecule has 0 unspecified atom stereocenters. The summed E-state index contributed by atoms with van der Waals surface area (Å²) in [6.07, 6.45) is 0. The van der Waals surface area contributed by atoms with Crippen LogP contribution >= 0.6 is 15.8 Å². The summed E-state index contributed by atoms with van der Waals surface area (Å²) in [6.45, 7) is 0. The van der Waals surface area contributed by atoms with Gasteiger partial charge in [0.2, 0.25) is 0 Å². The lowest BCUT2D eigenvalue weighted by Crippen LogP contribution is -2.44. The summed E-state index contributed by atoms with van der Waals surface area (Å²) in [6, 6.07) is 35.6. The van der Waals surface area contributed by atoms with Crippen molar-refractivity contribution >= 4 is 37.8 Å². The third-order valence-electron chi connectivity index (χ3n) is 5.51. The largest absolute Gasteiger partial charge is 0.507 e. The maximum Gasteiger partial charge on any atom is 0.123 e. The summed E-state index contributed by atoms with van der Waals surface area (Å²) in [5.74, 6) is 0.649. The number of rotatable bonds is 6. The molecule has 0 radical (unpaired) electrons. The zero-order chi connectivity index (χ0) is 21.9. The van der Waals surface area contributed by atoms with E-state index in [1.54, 1.807) is 12.1 Å². The van der Waals surface area contributed by atoms with Crippen LogP contribution in [0.3, 0.4) is 0 Å². The topological polar surface area (TPSA) is 64.5 Å². The Kier molecular flexibility index (Phi) is 5.99. The van der Waals surface area contributed by atoms with Gasteiger partial charge in [-0.2, -0.15) is 0 Å². The van der Waals surface area contributed by atoms with Crippen LogP contribution in [0.4, 0.5) is 11.4 Å². The monoisotopic (exact) mass is 458 g/mol. The first-order valence-corrected chi connectivity index (χ1v) is 13.4. The van der Waals surface area contributed by atoms with Crippen molar-refractivity contribution in [3.63, 3.8) is 0 Å². The van der Waals surface area contributed by atoms with E-state index in [1.165, 1.54) is 0 Å². The summed E-state index contributed by atoms with van der Waals surface area (Å²) in [5, 5.41) is 30.9. The molecule has 0 aromatic heterocycles. The average Bonchev–Trinajstić information content (AvgIpc) is 2.82. The third kappa shape index (κ3) is 4.05. The maximum absolute atomic E-state index is 10.7. The van der Waals surface area contributed by atoms with Gasteiger partial charge < -0.3 is 20.8 Å². The van der Waals surface area contributed by atoms with Crippen LogP contribution in [-0.4, -0.2) is 21.3 Å². The van der Waals surface area contributed by atoms with E-state index < -0.39 is 15.8 Å². The molecule has 0 amide bonds. The summed E-state index contributed by atoms with van der Waals surface area (Å²) in [7, 11) is -1.64. The molecular weight excluding hydrogens is 434 g/mol. The molecule has 5 rings (SSSR count). The lowest BCUT2D eigenvalue weighted by Gasteiger charge is -2.53. The number of phenolic OH excluding ortho intramolecular Hbond substituents is 2. The second-order valence-electron chi connectivity index (χ2n) is 7.56. The number of aromatic hydroxyl groups is 2. The molecule has 0 atom stereocenters. The quantitative estimate of drug-likeness (QED) is 0.275. The van der Waals surface area contributed by atoms with E-state index in [9.17, 15) is 10.2 Å². The molecule has 1 heterocycles. The van der Waals surface area contributed by atoms with E-state index in [0.29, 0.717) is 11.5 Å². The summed E-state index contributed by atoms with van der Waals surface area (Å²) >= 11 is 0. The minimum absolute atomic E-state index is 0.102. The van der Waals surface area contributed by atoms with Crippen LogP contribution in [0.1, 0.15) is 0 Å². The Morgan fingerprint density at radius 1 is 0.469 bits per heavy atom. The van der Waals surface area contributed by atoms with E-state index in [2.05, 4.69) is 34.9 Å². The molecule has 0 spiro atoms. The smallest absolute Gasteiger partial charge is 0.123 e. The fraction of sp³-hybridized carbons (Fsp3) is 0.0769. The van der Waals surface area contributed by atoms with Gasteiger partial charge in [0.1, 0.15) is 11.5 Å². The standard InChI is InChI=1S/C26H24N2O2P2/c29-21-15-7-9-17-23(21)31-25(27-19-11-3-1-4-12-19)32(24-18-10-8-16-22(24)30)26(31)28-20-13-5-2-6-14-20/h1-18,25-30H. The Morgan fingerprint density at radius 3 is 1.19 bits per heavy atom. The van der Waals surface area contributed by atoms with Crippen molar-refractivity contribution in [1.82, 2.24) is 0 Å². The minimum Gasteiger partial charge on any atom is -0.507 e. The van der Waals surface area contributed by atoms with Crippen molar-refractivity contribution < 1.29 is 10.2 Å². The lowest BCUT2D eigenvalue weighted by molar-refractivity contribution is 0.479. The SMILES string of the molecule is Oc1ccccc1P1C(Nc2ccccc2)P(c2ccccc2O)C1Nc1ccccc1. The minimum atomic E-state index is -0.818. The average molecular weight is 458 g/mol. The first-order valence-electron chi connectivity index (χ1n) is 10.5. The molecule has 1 fully saturated rings. The summed E-state index contributed by atoms with van der Waals surface area (Å²) < 4.78 is 0. The van der Waals surface area contributed by atoms with Crippen LogP contribution in [0.15, 0.2) is 109 Å². The van der Waals surface area contributed by atoms with Crippen molar-refractivity contribution in [2.24, 2.45) is 0 Å². The molecule has 4 nitrogen and oxygen atoms in total. The molecule has 4 N–H and O–H groups in total. The van der Waals surface area contributed by atoms with E-state index in [0.717, 1.165) is 22.0 Å². The van der Waals surface area contributed by atoms with Gasteiger partial charge in [0.15, 0.2) is 0 Å². The van der Waals surface area contributed by atoms with Gasteiger partial charge in [0, 0.05) is 22.0 Å². The maximum atomic E-state index is 10.7. The summed E-state index contributed by atoms with van der Waals surface area (Å²) in [5.41, 5.74) is 2.29. The number of phenols is 2. The van der Waals surface area contributed by atoms with Gasteiger partial charge in [-0.15, -0.1) is 0 Å². The molecule has 1 saturated heterocycles. The Morgan fingerprint density at radius 2 is 0.812 bits per heavy atom. The molecule has 0 bridgehead atoms. The van der Waals surface area contributed by atoms with E-state index in [4.69, 9.17) is 0 Å². The van der Waals surface area contributed by atoms with Crippen molar-refractivity contribution in [1.29, 1.82) is 0 Å². The van der Waals surface area contributed by atoms with Gasteiger partial charge >= 0.3 is 0 Å².